The summed E-state index contributed by atoms with van der Waals surface area (Å²) in [6.45, 7) is 2.84. The van der Waals surface area contributed by atoms with Gasteiger partial charge in [-0.1, -0.05) is 36.6 Å². The van der Waals surface area contributed by atoms with Gasteiger partial charge < -0.3 is 10.2 Å². The first-order valence-corrected chi connectivity index (χ1v) is 8.25. The van der Waals surface area contributed by atoms with Crippen molar-refractivity contribution in [1.29, 1.82) is 0 Å². The molecule has 0 aliphatic carbocycles. The molecule has 5 heteroatoms. The quantitative estimate of drug-likeness (QED) is 0.921. The van der Waals surface area contributed by atoms with Crippen molar-refractivity contribution in [3.63, 3.8) is 0 Å². The number of halogens is 1. The van der Waals surface area contributed by atoms with E-state index in [9.17, 15) is 0 Å². The van der Waals surface area contributed by atoms with Crippen molar-refractivity contribution in [3.8, 4) is 0 Å². The van der Waals surface area contributed by atoms with Gasteiger partial charge in [-0.2, -0.15) is 4.98 Å². The Morgan fingerprint density at radius 3 is 2.45 bits per heavy atom. The van der Waals surface area contributed by atoms with Gasteiger partial charge in [-0.05, 0) is 36.6 Å². The van der Waals surface area contributed by atoms with Gasteiger partial charge in [0.1, 0.15) is 5.82 Å². The Kier molecular flexibility index (Phi) is 5.11. The maximum absolute atomic E-state index is 5.90. The number of nitrogens with zero attached hydrogens (tertiary/aromatic N) is 3. The Balaban J connectivity index is 1.64. The highest BCUT2D eigenvalue weighted by atomic mass is 35.5. The zero-order valence-electron chi connectivity index (χ0n) is 12.6. The number of nitrogens with one attached hydrogen (secondary N) is 1. The molecular formula is C17H21ClN4. The first-order valence-electron chi connectivity index (χ1n) is 7.87. The summed E-state index contributed by atoms with van der Waals surface area (Å²) < 4.78 is 0. The van der Waals surface area contributed by atoms with Crippen LogP contribution in [0.15, 0.2) is 36.5 Å². The van der Waals surface area contributed by atoms with Gasteiger partial charge in [-0.25, -0.2) is 4.98 Å². The first kappa shape index (κ1) is 15.1. The Labute approximate surface area is 136 Å². The monoisotopic (exact) mass is 316 g/mol. The van der Waals surface area contributed by atoms with Gasteiger partial charge in [0.2, 0.25) is 5.95 Å². The second-order valence-electron chi connectivity index (χ2n) is 5.62. The van der Waals surface area contributed by atoms with Crippen molar-refractivity contribution in [2.45, 2.75) is 32.2 Å². The van der Waals surface area contributed by atoms with E-state index in [1.807, 2.05) is 36.5 Å². The van der Waals surface area contributed by atoms with E-state index in [1.54, 1.807) is 0 Å². The Morgan fingerprint density at radius 2 is 1.73 bits per heavy atom. The molecule has 3 rings (SSSR count). The van der Waals surface area contributed by atoms with Gasteiger partial charge in [-0.3, -0.25) is 0 Å². The number of hydrogen-bond acceptors (Lipinski definition) is 4. The molecule has 1 aromatic carbocycles. The second-order valence-corrected chi connectivity index (χ2v) is 6.06. The highest BCUT2D eigenvalue weighted by molar-refractivity contribution is 6.30. The molecule has 2 heterocycles. The molecule has 116 valence electrons. The van der Waals surface area contributed by atoms with E-state index >= 15 is 0 Å². The summed E-state index contributed by atoms with van der Waals surface area (Å²) in [4.78, 5) is 11.4. The molecular weight excluding hydrogens is 296 g/mol. The Hall–Kier alpha value is -1.81. The molecule has 0 bridgehead atoms. The molecule has 1 N–H and O–H groups in total. The van der Waals surface area contributed by atoms with E-state index in [1.165, 1.54) is 31.2 Å². The zero-order chi connectivity index (χ0) is 15.2. The molecule has 1 aromatic heterocycles. The third kappa shape index (κ3) is 4.10. The van der Waals surface area contributed by atoms with Crippen LogP contribution < -0.4 is 10.2 Å². The lowest BCUT2D eigenvalue weighted by Gasteiger charge is -2.20. The van der Waals surface area contributed by atoms with Crippen molar-refractivity contribution in [1.82, 2.24) is 9.97 Å². The smallest absolute Gasteiger partial charge is 0.227 e. The molecule has 2 aromatic rings. The van der Waals surface area contributed by atoms with Crippen molar-refractivity contribution in [2.75, 3.05) is 23.3 Å². The van der Waals surface area contributed by atoms with E-state index in [2.05, 4.69) is 20.2 Å². The van der Waals surface area contributed by atoms with Crippen LogP contribution >= 0.6 is 11.6 Å². The summed E-state index contributed by atoms with van der Waals surface area (Å²) in [5.74, 6) is 1.70. The normalized spacial score (nSPS) is 15.4. The molecule has 0 atom stereocenters. The standard InChI is InChI=1S/C17H21ClN4/c18-15-7-5-14(6-8-15)13-20-16-9-10-19-17(21-16)22-11-3-1-2-4-12-22/h5-10H,1-4,11-13H2,(H,19,20,21). The van der Waals surface area contributed by atoms with Crippen LogP contribution in [0.25, 0.3) is 0 Å². The lowest BCUT2D eigenvalue weighted by molar-refractivity contribution is 0.726. The Morgan fingerprint density at radius 1 is 1.00 bits per heavy atom. The van der Waals surface area contributed by atoms with Crippen molar-refractivity contribution in [3.05, 3.63) is 47.1 Å². The lowest BCUT2D eigenvalue weighted by Crippen LogP contribution is -2.26. The average Bonchev–Trinajstić information content (AvgIpc) is 2.84. The number of benzene rings is 1. The molecule has 1 saturated heterocycles. The highest BCUT2D eigenvalue weighted by Gasteiger charge is 2.12. The molecule has 0 saturated carbocycles. The molecule has 1 fully saturated rings. The third-order valence-corrected chi connectivity index (χ3v) is 4.17. The average molecular weight is 317 g/mol. The summed E-state index contributed by atoms with van der Waals surface area (Å²) in [7, 11) is 0. The van der Waals surface area contributed by atoms with Crippen molar-refractivity contribution in [2.24, 2.45) is 0 Å². The van der Waals surface area contributed by atoms with E-state index < -0.39 is 0 Å². The van der Waals surface area contributed by atoms with Crippen LogP contribution in [-0.2, 0) is 6.54 Å². The molecule has 0 amide bonds. The fourth-order valence-corrected chi connectivity index (χ4v) is 2.79. The van der Waals surface area contributed by atoms with Gasteiger partial charge in [0.05, 0.1) is 0 Å². The van der Waals surface area contributed by atoms with Crippen LogP contribution in [0.4, 0.5) is 11.8 Å². The number of aromatic nitrogens is 2. The van der Waals surface area contributed by atoms with Crippen molar-refractivity contribution >= 4 is 23.4 Å². The van der Waals surface area contributed by atoms with Gasteiger partial charge in [-0.15, -0.1) is 0 Å². The lowest BCUT2D eigenvalue weighted by atomic mass is 10.2. The van der Waals surface area contributed by atoms with E-state index in [4.69, 9.17) is 11.6 Å². The maximum atomic E-state index is 5.90. The second kappa shape index (κ2) is 7.45. The van der Waals surface area contributed by atoms with E-state index in [-0.39, 0.29) is 0 Å². The third-order valence-electron chi connectivity index (χ3n) is 3.92. The summed E-state index contributed by atoms with van der Waals surface area (Å²) in [6.07, 6.45) is 6.91. The molecule has 22 heavy (non-hydrogen) atoms. The van der Waals surface area contributed by atoms with E-state index in [0.717, 1.165) is 36.4 Å². The van der Waals surface area contributed by atoms with Crippen LogP contribution in [0.2, 0.25) is 5.02 Å². The predicted molar refractivity (Wildman–Crippen MR) is 91.5 cm³/mol. The largest absolute Gasteiger partial charge is 0.366 e. The van der Waals surface area contributed by atoms with Crippen LogP contribution in [0, 0.1) is 0 Å². The number of rotatable bonds is 4. The number of anilines is 2. The minimum atomic E-state index is 0.730. The summed E-state index contributed by atoms with van der Waals surface area (Å²) in [5, 5.41) is 4.11. The maximum Gasteiger partial charge on any atom is 0.227 e. The fourth-order valence-electron chi connectivity index (χ4n) is 2.66. The molecule has 1 aliphatic rings. The molecule has 0 radical (unpaired) electrons. The minimum Gasteiger partial charge on any atom is -0.366 e. The highest BCUT2D eigenvalue weighted by Crippen LogP contribution is 2.17. The summed E-state index contributed by atoms with van der Waals surface area (Å²) >= 11 is 5.90. The summed E-state index contributed by atoms with van der Waals surface area (Å²) in [5.41, 5.74) is 1.18. The van der Waals surface area contributed by atoms with Crippen molar-refractivity contribution < 1.29 is 0 Å². The molecule has 0 unspecified atom stereocenters. The molecule has 0 spiro atoms. The summed E-state index contributed by atoms with van der Waals surface area (Å²) in [6, 6.07) is 9.76. The first-order chi connectivity index (χ1) is 10.8. The SMILES string of the molecule is Clc1ccc(CNc2ccnc(N3CCCCCC3)n2)cc1. The molecule has 1 aliphatic heterocycles. The van der Waals surface area contributed by atoms with Gasteiger partial charge in [0.15, 0.2) is 0 Å². The van der Waals surface area contributed by atoms with E-state index in [0.29, 0.717) is 0 Å². The van der Waals surface area contributed by atoms with Crippen LogP contribution in [0.3, 0.4) is 0 Å². The fraction of sp³-hybridized carbons (Fsp3) is 0.412. The predicted octanol–water partition coefficient (Wildman–Crippen LogP) is 4.12. The number of hydrogen-bond donors (Lipinski definition) is 1. The van der Waals surface area contributed by atoms with Crippen LogP contribution in [0.1, 0.15) is 31.2 Å². The topological polar surface area (TPSA) is 41.1 Å². The Bertz CT molecular complexity index is 592. The van der Waals surface area contributed by atoms with Gasteiger partial charge in [0, 0.05) is 30.9 Å². The van der Waals surface area contributed by atoms with Crippen LogP contribution in [0.5, 0.6) is 0 Å². The van der Waals surface area contributed by atoms with Gasteiger partial charge >= 0.3 is 0 Å². The zero-order valence-corrected chi connectivity index (χ0v) is 13.4. The van der Waals surface area contributed by atoms with Gasteiger partial charge in [0.25, 0.3) is 0 Å². The van der Waals surface area contributed by atoms with Crippen LogP contribution in [-0.4, -0.2) is 23.1 Å². The minimum absolute atomic E-state index is 0.730. The molecule has 4 nitrogen and oxygen atoms in total.